The van der Waals surface area contributed by atoms with Crippen LogP contribution >= 0.6 is 0 Å². The summed E-state index contributed by atoms with van der Waals surface area (Å²) >= 11 is 0. The molecule has 2 fully saturated rings. The summed E-state index contributed by atoms with van der Waals surface area (Å²) in [6.45, 7) is 2.26. The fourth-order valence-corrected chi connectivity index (χ4v) is 3.53. The van der Waals surface area contributed by atoms with E-state index in [9.17, 15) is 17.6 Å². The van der Waals surface area contributed by atoms with Crippen LogP contribution in [-0.4, -0.2) is 46.1 Å². The van der Waals surface area contributed by atoms with Gasteiger partial charge in [-0.15, -0.1) is 0 Å². The average molecular weight is 354 g/mol. The van der Waals surface area contributed by atoms with Gasteiger partial charge in [-0.2, -0.15) is 13.2 Å². The standard InChI is InChI=1S/C15H14F4N6/c16-11-3-20-8-22-13(11)24-4-9-6-25(7-10(9)5-24)14-21-2-1-12(23-14)15(17,18)19/h1-3,8-10H,4-7H2. The van der Waals surface area contributed by atoms with Gasteiger partial charge in [-0.1, -0.05) is 0 Å². The predicted octanol–water partition coefficient (Wildman–Crippen LogP) is 2.00. The second-order valence-corrected chi connectivity index (χ2v) is 6.26. The van der Waals surface area contributed by atoms with Crippen molar-refractivity contribution in [3.8, 4) is 0 Å². The second kappa shape index (κ2) is 5.78. The number of aromatic nitrogens is 4. The summed E-state index contributed by atoms with van der Waals surface area (Å²) < 4.78 is 52.2. The first-order valence-electron chi connectivity index (χ1n) is 7.77. The smallest absolute Gasteiger partial charge is 0.353 e. The zero-order chi connectivity index (χ0) is 17.6. The number of alkyl halides is 3. The van der Waals surface area contributed by atoms with Crippen LogP contribution in [-0.2, 0) is 6.18 Å². The molecule has 0 radical (unpaired) electrons. The molecule has 0 bridgehead atoms. The molecule has 25 heavy (non-hydrogen) atoms. The van der Waals surface area contributed by atoms with Gasteiger partial charge >= 0.3 is 6.18 Å². The minimum Gasteiger partial charge on any atom is -0.353 e. The maximum absolute atomic E-state index is 13.8. The third-order valence-electron chi connectivity index (χ3n) is 4.65. The highest BCUT2D eigenvalue weighted by Gasteiger charge is 2.42. The fourth-order valence-electron chi connectivity index (χ4n) is 3.53. The lowest BCUT2D eigenvalue weighted by molar-refractivity contribution is -0.141. The molecule has 2 aromatic rings. The van der Waals surface area contributed by atoms with Crippen LogP contribution in [0.2, 0.25) is 0 Å². The molecule has 10 heteroatoms. The summed E-state index contributed by atoms with van der Waals surface area (Å²) in [5, 5.41) is 0. The Hall–Kier alpha value is -2.52. The highest BCUT2D eigenvalue weighted by molar-refractivity contribution is 5.43. The van der Waals surface area contributed by atoms with Crippen molar-refractivity contribution in [2.75, 3.05) is 36.0 Å². The Kier molecular flexibility index (Phi) is 3.69. The molecule has 2 aromatic heterocycles. The topological polar surface area (TPSA) is 58.0 Å². The zero-order valence-corrected chi connectivity index (χ0v) is 13.0. The molecular weight excluding hydrogens is 340 g/mol. The summed E-state index contributed by atoms with van der Waals surface area (Å²) in [4.78, 5) is 18.9. The summed E-state index contributed by atoms with van der Waals surface area (Å²) in [5.74, 6) is 0.288. The van der Waals surface area contributed by atoms with Crippen molar-refractivity contribution in [1.82, 2.24) is 19.9 Å². The molecule has 0 aromatic carbocycles. The average Bonchev–Trinajstić information content (AvgIpc) is 3.13. The van der Waals surface area contributed by atoms with Gasteiger partial charge in [0.25, 0.3) is 0 Å². The van der Waals surface area contributed by atoms with E-state index in [1.54, 1.807) is 4.90 Å². The monoisotopic (exact) mass is 354 g/mol. The van der Waals surface area contributed by atoms with Crippen LogP contribution in [0.3, 0.4) is 0 Å². The van der Waals surface area contributed by atoms with Gasteiger partial charge in [0.05, 0.1) is 6.20 Å². The van der Waals surface area contributed by atoms with Crippen molar-refractivity contribution in [3.63, 3.8) is 0 Å². The number of halogens is 4. The van der Waals surface area contributed by atoms with E-state index in [1.165, 1.54) is 6.33 Å². The maximum atomic E-state index is 13.8. The van der Waals surface area contributed by atoms with Crippen molar-refractivity contribution >= 4 is 11.8 Å². The van der Waals surface area contributed by atoms with Gasteiger partial charge in [0.15, 0.2) is 11.6 Å². The van der Waals surface area contributed by atoms with Crippen molar-refractivity contribution in [1.29, 1.82) is 0 Å². The van der Waals surface area contributed by atoms with Crippen LogP contribution in [0.25, 0.3) is 0 Å². The molecule has 2 aliphatic heterocycles. The highest BCUT2D eigenvalue weighted by Crippen LogP contribution is 2.36. The van der Waals surface area contributed by atoms with E-state index >= 15 is 0 Å². The van der Waals surface area contributed by atoms with E-state index in [1.807, 2.05) is 4.90 Å². The molecule has 2 unspecified atom stereocenters. The van der Waals surface area contributed by atoms with Crippen molar-refractivity contribution in [3.05, 3.63) is 36.3 Å². The first kappa shape index (κ1) is 16.0. The zero-order valence-electron chi connectivity index (χ0n) is 13.0. The minimum absolute atomic E-state index is 0.0870. The van der Waals surface area contributed by atoms with E-state index in [4.69, 9.17) is 0 Å². The third-order valence-corrected chi connectivity index (χ3v) is 4.65. The number of hydrogen-bond donors (Lipinski definition) is 0. The molecule has 4 heterocycles. The molecule has 0 saturated carbocycles. The van der Waals surface area contributed by atoms with Gasteiger partial charge in [-0.25, -0.2) is 24.3 Å². The molecule has 0 spiro atoms. The van der Waals surface area contributed by atoms with Crippen molar-refractivity contribution in [2.45, 2.75) is 6.18 Å². The Morgan fingerprint density at radius 1 is 1.00 bits per heavy atom. The lowest BCUT2D eigenvalue weighted by Gasteiger charge is -2.22. The van der Waals surface area contributed by atoms with Crippen LogP contribution in [0.1, 0.15) is 5.69 Å². The molecule has 2 aliphatic rings. The lowest BCUT2D eigenvalue weighted by atomic mass is 10.0. The number of anilines is 2. The van der Waals surface area contributed by atoms with Crippen LogP contribution < -0.4 is 9.80 Å². The highest BCUT2D eigenvalue weighted by atomic mass is 19.4. The maximum Gasteiger partial charge on any atom is 0.433 e. The van der Waals surface area contributed by atoms with E-state index in [0.717, 1.165) is 18.5 Å². The molecule has 4 rings (SSSR count). The first-order valence-corrected chi connectivity index (χ1v) is 7.77. The van der Waals surface area contributed by atoms with Gasteiger partial charge < -0.3 is 9.80 Å². The number of nitrogens with zero attached hydrogens (tertiary/aromatic N) is 6. The quantitative estimate of drug-likeness (QED) is 0.769. The van der Waals surface area contributed by atoms with Crippen molar-refractivity contribution in [2.24, 2.45) is 11.8 Å². The largest absolute Gasteiger partial charge is 0.433 e. The molecule has 0 N–H and O–H groups in total. The molecule has 0 amide bonds. The minimum atomic E-state index is -4.49. The van der Waals surface area contributed by atoms with Crippen molar-refractivity contribution < 1.29 is 17.6 Å². The first-order chi connectivity index (χ1) is 11.9. The SMILES string of the molecule is Fc1cncnc1N1CC2CN(c3nccc(C(F)(F)F)n3)CC2C1. The Morgan fingerprint density at radius 3 is 2.32 bits per heavy atom. The molecule has 2 atom stereocenters. The summed E-state index contributed by atoms with van der Waals surface area (Å²) in [6, 6.07) is 0.861. The van der Waals surface area contributed by atoms with E-state index in [0.29, 0.717) is 26.2 Å². The van der Waals surface area contributed by atoms with Gasteiger partial charge in [0.2, 0.25) is 5.95 Å². The van der Waals surface area contributed by atoms with Gasteiger partial charge in [-0.05, 0) is 6.07 Å². The van der Waals surface area contributed by atoms with Crippen LogP contribution in [0.15, 0.2) is 24.8 Å². The molecule has 2 saturated heterocycles. The summed E-state index contributed by atoms with van der Waals surface area (Å²) in [5.41, 5.74) is -0.945. The second-order valence-electron chi connectivity index (χ2n) is 6.26. The van der Waals surface area contributed by atoms with Gasteiger partial charge in [0.1, 0.15) is 12.0 Å². The molecule has 132 valence electrons. The molecule has 0 aliphatic carbocycles. The van der Waals surface area contributed by atoms with E-state index < -0.39 is 17.7 Å². The number of hydrogen-bond acceptors (Lipinski definition) is 6. The van der Waals surface area contributed by atoms with Crippen LogP contribution in [0.4, 0.5) is 29.3 Å². The predicted molar refractivity (Wildman–Crippen MR) is 80.4 cm³/mol. The Morgan fingerprint density at radius 2 is 1.68 bits per heavy atom. The van der Waals surface area contributed by atoms with E-state index in [-0.39, 0.29) is 23.6 Å². The molecule has 6 nitrogen and oxygen atoms in total. The third kappa shape index (κ3) is 2.96. The van der Waals surface area contributed by atoms with Crippen LogP contribution in [0.5, 0.6) is 0 Å². The Balaban J connectivity index is 1.47. The number of rotatable bonds is 2. The lowest BCUT2D eigenvalue weighted by Crippen LogP contribution is -2.31. The molecular formula is C15H14F4N6. The summed E-state index contributed by atoms with van der Waals surface area (Å²) in [7, 11) is 0. The Labute approximate surface area is 140 Å². The number of fused-ring (bicyclic) bond motifs is 1. The van der Waals surface area contributed by atoms with Crippen LogP contribution in [0, 0.1) is 17.7 Å². The summed E-state index contributed by atoms with van der Waals surface area (Å²) in [6.07, 6.45) is -0.940. The van der Waals surface area contributed by atoms with Gasteiger partial charge in [0, 0.05) is 44.2 Å². The van der Waals surface area contributed by atoms with Gasteiger partial charge in [-0.3, -0.25) is 0 Å². The van der Waals surface area contributed by atoms with E-state index in [2.05, 4.69) is 19.9 Å². The normalized spacial score (nSPS) is 23.2. The Bertz CT molecular complexity index is 769. The fraction of sp³-hybridized carbons (Fsp3) is 0.467.